The average Bonchev–Trinajstić information content (AvgIpc) is 3.05. The number of aromatic nitrogens is 2. The SMILES string of the molecule is Cc1sc2ncnc(N3CC[C@H]4CNC[C@H]43)c2c1C. The van der Waals surface area contributed by atoms with E-state index in [0.717, 1.165) is 36.2 Å². The van der Waals surface area contributed by atoms with E-state index in [4.69, 9.17) is 0 Å². The molecule has 5 heteroatoms. The predicted octanol–water partition coefficient (Wildman–Crippen LogP) is 2.11. The minimum atomic E-state index is 0.623. The van der Waals surface area contributed by atoms with Crippen LogP contribution in [0.25, 0.3) is 10.2 Å². The van der Waals surface area contributed by atoms with Crippen molar-refractivity contribution in [3.05, 3.63) is 16.8 Å². The van der Waals surface area contributed by atoms with Crippen molar-refractivity contribution in [1.82, 2.24) is 15.3 Å². The number of fused-ring (bicyclic) bond motifs is 2. The lowest BCUT2D eigenvalue weighted by molar-refractivity contribution is 0.578. The van der Waals surface area contributed by atoms with Crippen molar-refractivity contribution in [2.24, 2.45) is 5.92 Å². The number of aryl methyl sites for hydroxylation is 2. The number of anilines is 1. The Labute approximate surface area is 116 Å². The highest BCUT2D eigenvalue weighted by atomic mass is 32.1. The second kappa shape index (κ2) is 4.15. The lowest BCUT2D eigenvalue weighted by Gasteiger charge is -2.25. The number of rotatable bonds is 1. The van der Waals surface area contributed by atoms with E-state index >= 15 is 0 Å². The van der Waals surface area contributed by atoms with Crippen LogP contribution in [0.5, 0.6) is 0 Å². The maximum atomic E-state index is 4.62. The Bertz CT molecular complexity index is 636. The third-order valence-electron chi connectivity index (χ3n) is 4.66. The van der Waals surface area contributed by atoms with Gasteiger partial charge in [-0.15, -0.1) is 11.3 Å². The summed E-state index contributed by atoms with van der Waals surface area (Å²) in [6, 6.07) is 0.623. The first kappa shape index (κ1) is 11.6. The Balaban J connectivity index is 1.87. The number of nitrogens with one attached hydrogen (secondary N) is 1. The van der Waals surface area contributed by atoms with Gasteiger partial charge >= 0.3 is 0 Å². The van der Waals surface area contributed by atoms with Gasteiger partial charge in [0.15, 0.2) is 0 Å². The molecule has 0 radical (unpaired) electrons. The Morgan fingerprint density at radius 1 is 1.32 bits per heavy atom. The van der Waals surface area contributed by atoms with Gasteiger partial charge in [0, 0.05) is 30.6 Å². The molecule has 4 heterocycles. The molecule has 2 atom stereocenters. The molecule has 100 valence electrons. The molecule has 0 unspecified atom stereocenters. The molecule has 0 aliphatic carbocycles. The van der Waals surface area contributed by atoms with Gasteiger partial charge in [-0.2, -0.15) is 0 Å². The van der Waals surface area contributed by atoms with Crippen molar-refractivity contribution in [3.8, 4) is 0 Å². The lowest BCUT2D eigenvalue weighted by Crippen LogP contribution is -2.34. The molecule has 2 aromatic heterocycles. The zero-order valence-corrected chi connectivity index (χ0v) is 12.1. The maximum absolute atomic E-state index is 4.62. The standard InChI is InChI=1S/C14H18N4S/c1-8-9(2)19-14-12(8)13(16-7-17-14)18-4-3-10-5-15-6-11(10)18/h7,10-11,15H,3-6H2,1-2H3/t10-,11+/m0/s1. The van der Waals surface area contributed by atoms with Gasteiger partial charge in [-0.05, 0) is 31.7 Å². The molecule has 0 bridgehead atoms. The second-order valence-electron chi connectivity index (χ2n) is 5.63. The van der Waals surface area contributed by atoms with E-state index in [0.29, 0.717) is 6.04 Å². The van der Waals surface area contributed by atoms with Gasteiger partial charge < -0.3 is 10.2 Å². The highest BCUT2D eigenvalue weighted by molar-refractivity contribution is 7.18. The van der Waals surface area contributed by atoms with Crippen LogP contribution in [0, 0.1) is 19.8 Å². The monoisotopic (exact) mass is 274 g/mol. The second-order valence-corrected chi connectivity index (χ2v) is 6.83. The zero-order chi connectivity index (χ0) is 13.0. The first-order valence-corrected chi connectivity index (χ1v) is 7.75. The van der Waals surface area contributed by atoms with Gasteiger partial charge in [0.1, 0.15) is 17.0 Å². The van der Waals surface area contributed by atoms with Crippen LogP contribution in [0.1, 0.15) is 16.9 Å². The Kier molecular flexibility index (Phi) is 2.53. The van der Waals surface area contributed by atoms with Crippen LogP contribution >= 0.6 is 11.3 Å². The molecule has 2 aromatic rings. The molecule has 0 amide bonds. The van der Waals surface area contributed by atoms with E-state index in [-0.39, 0.29) is 0 Å². The number of nitrogens with zero attached hydrogens (tertiary/aromatic N) is 3. The van der Waals surface area contributed by atoms with E-state index < -0.39 is 0 Å². The van der Waals surface area contributed by atoms with Crippen molar-refractivity contribution < 1.29 is 0 Å². The molecule has 2 saturated heterocycles. The Morgan fingerprint density at radius 2 is 2.21 bits per heavy atom. The topological polar surface area (TPSA) is 41.1 Å². The lowest BCUT2D eigenvalue weighted by atomic mass is 10.1. The molecule has 0 saturated carbocycles. The van der Waals surface area contributed by atoms with Crippen LogP contribution in [0.2, 0.25) is 0 Å². The van der Waals surface area contributed by atoms with E-state index in [1.54, 1.807) is 17.7 Å². The Hall–Kier alpha value is -1.20. The number of thiophene rings is 1. The summed E-state index contributed by atoms with van der Waals surface area (Å²) in [7, 11) is 0. The van der Waals surface area contributed by atoms with Crippen molar-refractivity contribution in [2.75, 3.05) is 24.5 Å². The normalized spacial score (nSPS) is 26.3. The van der Waals surface area contributed by atoms with E-state index in [2.05, 4.69) is 34.0 Å². The van der Waals surface area contributed by atoms with Gasteiger partial charge in [-0.3, -0.25) is 0 Å². The summed E-state index contributed by atoms with van der Waals surface area (Å²) in [4.78, 5) is 14.1. The maximum Gasteiger partial charge on any atom is 0.141 e. The Morgan fingerprint density at radius 3 is 3.11 bits per heavy atom. The summed E-state index contributed by atoms with van der Waals surface area (Å²) in [6.07, 6.45) is 3.01. The highest BCUT2D eigenvalue weighted by Crippen LogP contribution is 2.38. The molecule has 4 rings (SSSR count). The molecule has 2 fully saturated rings. The van der Waals surface area contributed by atoms with Gasteiger partial charge in [-0.1, -0.05) is 0 Å². The van der Waals surface area contributed by atoms with Crippen molar-refractivity contribution in [1.29, 1.82) is 0 Å². The minimum absolute atomic E-state index is 0.623. The number of hydrogen-bond acceptors (Lipinski definition) is 5. The van der Waals surface area contributed by atoms with Crippen LogP contribution in [-0.2, 0) is 0 Å². The summed E-state index contributed by atoms with van der Waals surface area (Å²) in [5.41, 5.74) is 1.35. The predicted molar refractivity (Wildman–Crippen MR) is 79.0 cm³/mol. The molecule has 0 aromatic carbocycles. The van der Waals surface area contributed by atoms with Crippen molar-refractivity contribution in [2.45, 2.75) is 26.3 Å². The van der Waals surface area contributed by atoms with Crippen LogP contribution < -0.4 is 10.2 Å². The summed E-state index contributed by atoms with van der Waals surface area (Å²) in [5.74, 6) is 1.95. The molecule has 19 heavy (non-hydrogen) atoms. The molecule has 2 aliphatic heterocycles. The summed E-state index contributed by atoms with van der Waals surface area (Å²) >= 11 is 1.78. The third-order valence-corrected chi connectivity index (χ3v) is 5.78. The van der Waals surface area contributed by atoms with E-state index in [1.165, 1.54) is 22.2 Å². The van der Waals surface area contributed by atoms with Gasteiger partial charge in [0.25, 0.3) is 0 Å². The molecular formula is C14H18N4S. The van der Waals surface area contributed by atoms with Gasteiger partial charge in [-0.25, -0.2) is 9.97 Å². The zero-order valence-electron chi connectivity index (χ0n) is 11.3. The summed E-state index contributed by atoms with van der Waals surface area (Å²) < 4.78 is 0. The molecule has 1 N–H and O–H groups in total. The minimum Gasteiger partial charge on any atom is -0.351 e. The average molecular weight is 274 g/mol. The molecule has 2 aliphatic rings. The van der Waals surface area contributed by atoms with Crippen molar-refractivity contribution >= 4 is 27.4 Å². The largest absolute Gasteiger partial charge is 0.351 e. The fraction of sp³-hybridized carbons (Fsp3) is 0.571. The van der Waals surface area contributed by atoms with Crippen LogP contribution in [-0.4, -0.2) is 35.6 Å². The van der Waals surface area contributed by atoms with E-state index in [1.807, 2.05) is 0 Å². The van der Waals surface area contributed by atoms with Crippen LogP contribution in [0.4, 0.5) is 5.82 Å². The van der Waals surface area contributed by atoms with E-state index in [9.17, 15) is 0 Å². The smallest absolute Gasteiger partial charge is 0.141 e. The highest BCUT2D eigenvalue weighted by Gasteiger charge is 2.39. The van der Waals surface area contributed by atoms with Crippen LogP contribution in [0.3, 0.4) is 0 Å². The first-order chi connectivity index (χ1) is 9.25. The van der Waals surface area contributed by atoms with Gasteiger partial charge in [0.05, 0.1) is 5.39 Å². The van der Waals surface area contributed by atoms with Crippen molar-refractivity contribution in [3.63, 3.8) is 0 Å². The number of hydrogen-bond donors (Lipinski definition) is 1. The summed E-state index contributed by atoms with van der Waals surface area (Å²) in [6.45, 7) is 7.77. The summed E-state index contributed by atoms with van der Waals surface area (Å²) in [5, 5.41) is 4.78. The fourth-order valence-corrected chi connectivity index (χ4v) is 4.49. The quantitative estimate of drug-likeness (QED) is 0.864. The first-order valence-electron chi connectivity index (χ1n) is 6.94. The van der Waals surface area contributed by atoms with Gasteiger partial charge in [0.2, 0.25) is 0 Å². The fourth-order valence-electron chi connectivity index (χ4n) is 3.49. The van der Waals surface area contributed by atoms with Crippen LogP contribution in [0.15, 0.2) is 6.33 Å². The molecule has 4 nitrogen and oxygen atoms in total. The molecular weight excluding hydrogens is 256 g/mol. The molecule has 0 spiro atoms. The third kappa shape index (κ3) is 1.61.